The van der Waals surface area contributed by atoms with Crippen molar-refractivity contribution < 1.29 is 0 Å². The summed E-state index contributed by atoms with van der Waals surface area (Å²) in [5, 5.41) is 7.62. The third-order valence-electron chi connectivity index (χ3n) is 1.42. The number of H-pyrrole nitrogens is 1. The third kappa shape index (κ3) is 1.15. The largest absolute Gasteiger partial charge is 0.273 e. The van der Waals surface area contributed by atoms with Gasteiger partial charge < -0.3 is 0 Å². The number of hydrogen-bond donors (Lipinski definition) is 1. The predicted octanol–water partition coefficient (Wildman–Crippen LogP) is 1.73. The van der Waals surface area contributed by atoms with Crippen LogP contribution in [0, 0.1) is 0 Å². The average Bonchev–Trinajstić information content (AvgIpc) is 2.52. The maximum atomic E-state index is 5.85. The molecule has 0 aromatic carbocycles. The third-order valence-corrected chi connectivity index (χ3v) is 2.24. The molecule has 4 nitrogen and oxygen atoms in total. The number of aromatic amines is 1. The van der Waals surface area contributed by atoms with Crippen LogP contribution in [0.25, 0.3) is 11.0 Å². The molecule has 0 saturated carbocycles. The molecular weight excluding hydrogens is 196 g/mol. The minimum absolute atomic E-state index is 0.418. The molecule has 0 unspecified atom stereocenters. The first-order valence-electron chi connectivity index (χ1n) is 3.22. The van der Waals surface area contributed by atoms with E-state index in [1.165, 1.54) is 11.8 Å². The van der Waals surface area contributed by atoms with Gasteiger partial charge in [0.1, 0.15) is 11.0 Å². The summed E-state index contributed by atoms with van der Waals surface area (Å²) in [4.78, 5) is 8.23. The van der Waals surface area contributed by atoms with Crippen LogP contribution in [0.3, 0.4) is 0 Å². The lowest BCUT2D eigenvalue weighted by molar-refractivity contribution is 1.01. The fourth-order valence-electron chi connectivity index (χ4n) is 0.876. The van der Waals surface area contributed by atoms with Gasteiger partial charge >= 0.3 is 0 Å². The lowest BCUT2D eigenvalue weighted by atomic mass is 10.5. The van der Waals surface area contributed by atoms with E-state index in [4.69, 9.17) is 11.6 Å². The minimum Gasteiger partial charge on any atom is -0.273 e. The van der Waals surface area contributed by atoms with Crippen LogP contribution in [-0.4, -0.2) is 26.4 Å². The Morgan fingerprint density at radius 2 is 2.33 bits per heavy atom. The zero-order valence-corrected chi connectivity index (χ0v) is 7.78. The van der Waals surface area contributed by atoms with Crippen molar-refractivity contribution in [3.63, 3.8) is 0 Å². The maximum absolute atomic E-state index is 5.85. The summed E-state index contributed by atoms with van der Waals surface area (Å²) in [5.74, 6) is 0. The highest BCUT2D eigenvalue weighted by Crippen LogP contribution is 2.20. The average molecular weight is 201 g/mol. The highest BCUT2D eigenvalue weighted by atomic mass is 35.5. The Balaban J connectivity index is 2.75. The summed E-state index contributed by atoms with van der Waals surface area (Å²) >= 11 is 7.30. The highest BCUT2D eigenvalue weighted by molar-refractivity contribution is 7.98. The lowest BCUT2D eigenvalue weighted by Gasteiger charge is -1.95. The standard InChI is InChI=1S/C6H5ClN4S/c1-12-6-9-3-2-8-11-4(3)5(7)10-6/h2H,1H3,(H,8,11). The summed E-state index contributed by atoms with van der Waals surface area (Å²) < 4.78 is 0. The van der Waals surface area contributed by atoms with Gasteiger partial charge in [0.05, 0.1) is 6.20 Å². The van der Waals surface area contributed by atoms with Crippen molar-refractivity contribution in [2.75, 3.05) is 6.26 Å². The van der Waals surface area contributed by atoms with Gasteiger partial charge in [0.15, 0.2) is 10.3 Å². The number of thioether (sulfide) groups is 1. The van der Waals surface area contributed by atoms with Crippen molar-refractivity contribution in [2.24, 2.45) is 0 Å². The summed E-state index contributed by atoms with van der Waals surface area (Å²) in [6.07, 6.45) is 3.53. The molecule has 2 aromatic heterocycles. The van der Waals surface area contributed by atoms with Crippen molar-refractivity contribution >= 4 is 34.4 Å². The molecule has 12 heavy (non-hydrogen) atoms. The zero-order valence-electron chi connectivity index (χ0n) is 6.21. The Morgan fingerprint density at radius 3 is 3.08 bits per heavy atom. The Hall–Kier alpha value is -0.810. The number of rotatable bonds is 1. The van der Waals surface area contributed by atoms with Gasteiger partial charge in [0.25, 0.3) is 0 Å². The topological polar surface area (TPSA) is 54.5 Å². The number of halogens is 1. The van der Waals surface area contributed by atoms with Gasteiger partial charge in [-0.1, -0.05) is 23.4 Å². The number of nitrogens with zero attached hydrogens (tertiary/aromatic N) is 3. The van der Waals surface area contributed by atoms with E-state index in [1.807, 2.05) is 6.26 Å². The van der Waals surface area contributed by atoms with Gasteiger partial charge in [-0.05, 0) is 6.26 Å². The number of aromatic nitrogens is 4. The Kier molecular flexibility index (Phi) is 1.90. The molecular formula is C6H5ClN4S. The minimum atomic E-state index is 0.418. The number of hydrogen-bond acceptors (Lipinski definition) is 4. The normalized spacial score (nSPS) is 10.8. The molecule has 2 rings (SSSR count). The molecule has 0 aliphatic rings. The Bertz CT molecular complexity index is 413. The van der Waals surface area contributed by atoms with Crippen LogP contribution < -0.4 is 0 Å². The van der Waals surface area contributed by atoms with Crippen molar-refractivity contribution in [3.8, 4) is 0 Å². The second-order valence-corrected chi connectivity index (χ2v) is 3.26. The Morgan fingerprint density at radius 1 is 1.50 bits per heavy atom. The zero-order chi connectivity index (χ0) is 8.55. The van der Waals surface area contributed by atoms with Crippen LogP contribution in [0.2, 0.25) is 5.15 Å². The predicted molar refractivity (Wildman–Crippen MR) is 48.5 cm³/mol. The van der Waals surface area contributed by atoms with E-state index in [0.29, 0.717) is 15.8 Å². The van der Waals surface area contributed by atoms with Crippen LogP contribution in [0.4, 0.5) is 0 Å². The molecule has 0 saturated heterocycles. The van der Waals surface area contributed by atoms with Crippen LogP contribution in [-0.2, 0) is 0 Å². The van der Waals surface area contributed by atoms with E-state index in [2.05, 4.69) is 20.2 Å². The van der Waals surface area contributed by atoms with E-state index < -0.39 is 0 Å². The molecule has 0 bridgehead atoms. The summed E-state index contributed by atoms with van der Waals surface area (Å²) in [6.45, 7) is 0. The molecule has 2 heterocycles. The van der Waals surface area contributed by atoms with Gasteiger partial charge in [-0.3, -0.25) is 5.10 Å². The van der Waals surface area contributed by atoms with Crippen LogP contribution in [0.5, 0.6) is 0 Å². The summed E-state index contributed by atoms with van der Waals surface area (Å²) in [5.41, 5.74) is 1.44. The van der Waals surface area contributed by atoms with Crippen LogP contribution in [0.15, 0.2) is 11.4 Å². The fourth-order valence-corrected chi connectivity index (χ4v) is 1.52. The van der Waals surface area contributed by atoms with Gasteiger partial charge in [0, 0.05) is 0 Å². The molecule has 0 fully saturated rings. The molecule has 0 amide bonds. The molecule has 0 aliphatic carbocycles. The van der Waals surface area contributed by atoms with Crippen molar-refractivity contribution in [1.29, 1.82) is 0 Å². The Labute approximate surface area is 77.7 Å². The number of fused-ring (bicyclic) bond motifs is 1. The van der Waals surface area contributed by atoms with E-state index in [-0.39, 0.29) is 0 Å². The van der Waals surface area contributed by atoms with E-state index in [9.17, 15) is 0 Å². The van der Waals surface area contributed by atoms with E-state index in [0.717, 1.165) is 5.52 Å². The van der Waals surface area contributed by atoms with Gasteiger partial charge in [0.2, 0.25) is 0 Å². The molecule has 0 spiro atoms. The van der Waals surface area contributed by atoms with Crippen LogP contribution in [0.1, 0.15) is 0 Å². The van der Waals surface area contributed by atoms with Gasteiger partial charge in [-0.25, -0.2) is 9.97 Å². The van der Waals surface area contributed by atoms with Crippen molar-refractivity contribution in [2.45, 2.75) is 5.16 Å². The quantitative estimate of drug-likeness (QED) is 0.433. The van der Waals surface area contributed by atoms with Crippen molar-refractivity contribution in [3.05, 3.63) is 11.3 Å². The van der Waals surface area contributed by atoms with E-state index in [1.54, 1.807) is 6.20 Å². The second-order valence-electron chi connectivity index (χ2n) is 2.13. The molecule has 0 aliphatic heterocycles. The maximum Gasteiger partial charge on any atom is 0.189 e. The SMILES string of the molecule is CSc1nc(Cl)c2[nH]ncc2n1. The summed E-state index contributed by atoms with van der Waals surface area (Å²) in [6, 6.07) is 0. The number of nitrogens with one attached hydrogen (secondary N) is 1. The molecule has 6 heteroatoms. The molecule has 1 N–H and O–H groups in total. The first kappa shape index (κ1) is 7.82. The van der Waals surface area contributed by atoms with Crippen molar-refractivity contribution in [1.82, 2.24) is 20.2 Å². The fraction of sp³-hybridized carbons (Fsp3) is 0.167. The highest BCUT2D eigenvalue weighted by Gasteiger charge is 2.05. The van der Waals surface area contributed by atoms with Gasteiger partial charge in [-0.15, -0.1) is 0 Å². The van der Waals surface area contributed by atoms with Gasteiger partial charge in [-0.2, -0.15) is 5.10 Å². The van der Waals surface area contributed by atoms with Crippen LogP contribution >= 0.6 is 23.4 Å². The lowest BCUT2D eigenvalue weighted by Crippen LogP contribution is -1.86. The molecule has 0 atom stereocenters. The second kappa shape index (κ2) is 2.91. The summed E-state index contributed by atoms with van der Waals surface area (Å²) in [7, 11) is 0. The molecule has 62 valence electrons. The molecule has 2 aromatic rings. The van der Waals surface area contributed by atoms with E-state index >= 15 is 0 Å². The first-order chi connectivity index (χ1) is 5.81. The first-order valence-corrected chi connectivity index (χ1v) is 4.82. The monoisotopic (exact) mass is 200 g/mol. The molecule has 0 radical (unpaired) electrons. The smallest absolute Gasteiger partial charge is 0.189 e.